The van der Waals surface area contributed by atoms with Crippen molar-refractivity contribution in [3.63, 3.8) is 0 Å². The van der Waals surface area contributed by atoms with Crippen molar-refractivity contribution in [2.45, 2.75) is 52.7 Å². The second-order valence-corrected chi connectivity index (χ2v) is 5.49. The van der Waals surface area contributed by atoms with Crippen molar-refractivity contribution in [1.82, 2.24) is 10.2 Å². The molecule has 0 spiro atoms. The van der Waals surface area contributed by atoms with Gasteiger partial charge in [-0.1, -0.05) is 25.1 Å². The van der Waals surface area contributed by atoms with Crippen molar-refractivity contribution >= 4 is 11.8 Å². The molecular weight excluding hydrogens is 252 g/mol. The van der Waals surface area contributed by atoms with Crippen molar-refractivity contribution in [3.05, 3.63) is 34.9 Å². The van der Waals surface area contributed by atoms with Crippen LogP contribution in [0.1, 0.15) is 37.0 Å². The van der Waals surface area contributed by atoms with Crippen LogP contribution in [0.15, 0.2) is 18.2 Å². The summed E-state index contributed by atoms with van der Waals surface area (Å²) in [6, 6.07) is 5.30. The van der Waals surface area contributed by atoms with Gasteiger partial charge in [-0.15, -0.1) is 0 Å². The first kappa shape index (κ1) is 14.6. The lowest BCUT2D eigenvalue weighted by Gasteiger charge is -2.38. The minimum atomic E-state index is -0.436. The molecule has 1 aromatic carbocycles. The van der Waals surface area contributed by atoms with Crippen molar-refractivity contribution in [2.24, 2.45) is 0 Å². The fraction of sp³-hybridized carbons (Fsp3) is 0.500. The van der Waals surface area contributed by atoms with Crippen molar-refractivity contribution < 1.29 is 9.59 Å². The molecule has 0 saturated carbocycles. The second-order valence-electron chi connectivity index (χ2n) is 5.49. The van der Waals surface area contributed by atoms with Gasteiger partial charge in [0.15, 0.2) is 0 Å². The van der Waals surface area contributed by atoms with Crippen molar-refractivity contribution in [3.8, 4) is 0 Å². The van der Waals surface area contributed by atoms with Crippen LogP contribution in [-0.4, -0.2) is 28.8 Å². The number of aryl methyl sites for hydroxylation is 2. The van der Waals surface area contributed by atoms with Crippen LogP contribution in [0.25, 0.3) is 0 Å². The highest BCUT2D eigenvalue weighted by Crippen LogP contribution is 2.21. The number of benzene rings is 1. The number of hydrogen-bond acceptors (Lipinski definition) is 2. The highest BCUT2D eigenvalue weighted by Gasteiger charge is 2.37. The third kappa shape index (κ3) is 2.55. The monoisotopic (exact) mass is 274 g/mol. The molecule has 4 nitrogen and oxygen atoms in total. The SMILES string of the molecule is CCC1C(=O)NC(C)C(=O)N1Cc1c(C)cccc1C. The average Bonchev–Trinajstić information content (AvgIpc) is 2.39. The second kappa shape index (κ2) is 5.65. The molecule has 0 aliphatic carbocycles. The number of nitrogens with zero attached hydrogens (tertiary/aromatic N) is 1. The first-order valence-electron chi connectivity index (χ1n) is 7.11. The molecule has 20 heavy (non-hydrogen) atoms. The third-order valence-corrected chi connectivity index (χ3v) is 4.05. The van der Waals surface area contributed by atoms with E-state index in [1.54, 1.807) is 11.8 Å². The van der Waals surface area contributed by atoms with Gasteiger partial charge in [0.2, 0.25) is 11.8 Å². The maximum Gasteiger partial charge on any atom is 0.245 e. The van der Waals surface area contributed by atoms with Gasteiger partial charge in [-0.25, -0.2) is 0 Å². The van der Waals surface area contributed by atoms with E-state index in [2.05, 4.69) is 5.32 Å². The van der Waals surface area contributed by atoms with E-state index in [4.69, 9.17) is 0 Å². The Morgan fingerprint density at radius 1 is 1.20 bits per heavy atom. The fourth-order valence-electron chi connectivity index (χ4n) is 2.78. The maximum absolute atomic E-state index is 12.4. The normalized spacial score (nSPS) is 22.9. The van der Waals surface area contributed by atoms with Gasteiger partial charge in [0.1, 0.15) is 12.1 Å². The van der Waals surface area contributed by atoms with E-state index < -0.39 is 6.04 Å². The summed E-state index contributed by atoms with van der Waals surface area (Å²) in [5.74, 6) is -0.0510. The lowest BCUT2D eigenvalue weighted by molar-refractivity contribution is -0.149. The first-order valence-corrected chi connectivity index (χ1v) is 7.11. The first-order chi connectivity index (χ1) is 9.45. The smallest absolute Gasteiger partial charge is 0.245 e. The molecule has 2 rings (SSSR count). The molecule has 1 saturated heterocycles. The van der Waals surface area contributed by atoms with E-state index in [9.17, 15) is 9.59 Å². The zero-order valence-electron chi connectivity index (χ0n) is 12.6. The molecule has 108 valence electrons. The Bertz CT molecular complexity index is 519. The molecule has 1 heterocycles. The minimum Gasteiger partial charge on any atom is -0.343 e. The van der Waals surface area contributed by atoms with Crippen LogP contribution >= 0.6 is 0 Å². The average molecular weight is 274 g/mol. The van der Waals surface area contributed by atoms with E-state index in [1.807, 2.05) is 39.0 Å². The Hall–Kier alpha value is -1.84. The molecule has 0 aromatic heterocycles. The topological polar surface area (TPSA) is 49.4 Å². The fourth-order valence-corrected chi connectivity index (χ4v) is 2.78. The summed E-state index contributed by atoms with van der Waals surface area (Å²) in [5.41, 5.74) is 3.46. The van der Waals surface area contributed by atoms with Crippen LogP contribution in [0.5, 0.6) is 0 Å². The maximum atomic E-state index is 12.4. The predicted octanol–water partition coefficient (Wildman–Crippen LogP) is 1.93. The summed E-state index contributed by atoms with van der Waals surface area (Å²) in [6.45, 7) is 8.27. The molecule has 2 atom stereocenters. The van der Waals surface area contributed by atoms with Gasteiger partial charge in [-0.05, 0) is 43.9 Å². The van der Waals surface area contributed by atoms with Gasteiger partial charge in [0.05, 0.1) is 0 Å². The molecule has 1 aliphatic rings. The Morgan fingerprint density at radius 3 is 2.35 bits per heavy atom. The summed E-state index contributed by atoms with van der Waals surface area (Å²) in [7, 11) is 0. The van der Waals surface area contributed by atoms with Gasteiger partial charge in [-0.2, -0.15) is 0 Å². The molecule has 2 unspecified atom stereocenters. The highest BCUT2D eigenvalue weighted by atomic mass is 16.2. The molecule has 1 N–H and O–H groups in total. The summed E-state index contributed by atoms with van der Waals surface area (Å²) in [4.78, 5) is 26.1. The molecule has 1 fully saturated rings. The van der Waals surface area contributed by atoms with Crippen LogP contribution < -0.4 is 5.32 Å². The van der Waals surface area contributed by atoms with Crippen molar-refractivity contribution in [2.75, 3.05) is 0 Å². The Labute approximate surface area is 120 Å². The standard InChI is InChI=1S/C16H22N2O2/c1-5-14-15(19)17-12(4)16(20)18(14)9-13-10(2)7-6-8-11(13)3/h6-8,12,14H,5,9H2,1-4H3,(H,17,19). The summed E-state index contributed by atoms with van der Waals surface area (Å²) >= 11 is 0. The summed E-state index contributed by atoms with van der Waals surface area (Å²) in [5, 5.41) is 2.74. The van der Waals surface area contributed by atoms with Crippen LogP contribution in [0.2, 0.25) is 0 Å². The van der Waals surface area contributed by atoms with Crippen LogP contribution in [-0.2, 0) is 16.1 Å². The Kier molecular flexibility index (Phi) is 4.12. The summed E-state index contributed by atoms with van der Waals surface area (Å²) < 4.78 is 0. The molecule has 0 bridgehead atoms. The number of piperazine rings is 1. The number of hydrogen-bond donors (Lipinski definition) is 1. The van der Waals surface area contributed by atoms with Crippen LogP contribution in [0, 0.1) is 13.8 Å². The van der Waals surface area contributed by atoms with Crippen LogP contribution in [0.4, 0.5) is 0 Å². The van der Waals surface area contributed by atoms with Gasteiger partial charge < -0.3 is 10.2 Å². The Balaban J connectivity index is 2.33. The zero-order valence-corrected chi connectivity index (χ0v) is 12.6. The van der Waals surface area contributed by atoms with E-state index >= 15 is 0 Å². The molecule has 1 aliphatic heterocycles. The molecule has 4 heteroatoms. The zero-order chi connectivity index (χ0) is 14.9. The van der Waals surface area contributed by atoms with Gasteiger partial charge in [-0.3, -0.25) is 9.59 Å². The third-order valence-electron chi connectivity index (χ3n) is 4.05. The van der Waals surface area contributed by atoms with E-state index in [0.29, 0.717) is 13.0 Å². The minimum absolute atomic E-state index is 0.000830. The van der Waals surface area contributed by atoms with Crippen molar-refractivity contribution in [1.29, 1.82) is 0 Å². The van der Waals surface area contributed by atoms with Crippen LogP contribution in [0.3, 0.4) is 0 Å². The van der Waals surface area contributed by atoms with Gasteiger partial charge in [0, 0.05) is 6.54 Å². The number of carbonyl (C=O) groups is 2. The lowest BCUT2D eigenvalue weighted by atomic mass is 9.99. The molecular formula is C16H22N2O2. The molecule has 0 radical (unpaired) electrons. The van der Waals surface area contributed by atoms with E-state index in [1.165, 1.54) is 0 Å². The lowest BCUT2D eigenvalue weighted by Crippen LogP contribution is -2.61. The Morgan fingerprint density at radius 2 is 1.80 bits per heavy atom. The largest absolute Gasteiger partial charge is 0.343 e. The van der Waals surface area contributed by atoms with E-state index in [-0.39, 0.29) is 17.9 Å². The number of amides is 2. The van der Waals surface area contributed by atoms with E-state index in [0.717, 1.165) is 16.7 Å². The summed E-state index contributed by atoms with van der Waals surface area (Å²) in [6.07, 6.45) is 0.634. The van der Waals surface area contributed by atoms with Gasteiger partial charge >= 0.3 is 0 Å². The molecule has 2 amide bonds. The van der Waals surface area contributed by atoms with Gasteiger partial charge in [0.25, 0.3) is 0 Å². The number of rotatable bonds is 3. The highest BCUT2D eigenvalue weighted by molar-refractivity contribution is 5.96. The quantitative estimate of drug-likeness (QED) is 0.915. The number of carbonyl (C=O) groups excluding carboxylic acids is 2. The predicted molar refractivity (Wildman–Crippen MR) is 78.1 cm³/mol. The molecule has 1 aromatic rings. The number of nitrogens with one attached hydrogen (secondary N) is 1.